The van der Waals surface area contributed by atoms with Crippen molar-refractivity contribution in [2.45, 2.75) is 0 Å². The summed E-state index contributed by atoms with van der Waals surface area (Å²) < 4.78 is 0. The Labute approximate surface area is 121 Å². The van der Waals surface area contributed by atoms with E-state index in [1.54, 1.807) is 14.1 Å². The van der Waals surface area contributed by atoms with Crippen molar-refractivity contribution >= 4 is 5.95 Å². The molecule has 0 N–H and O–H groups in total. The van der Waals surface area contributed by atoms with Crippen LogP contribution in [0.15, 0.2) is 6.07 Å². The standard InChI is InChI=1S/C6H9N3O2.2Na/c1-9(2)6-7-4(10)3-5(11)8-6;;/h3H,1-2H3,(H2,7,8,10,11);;/q;2*+1/p-2. The molecule has 0 amide bonds. The van der Waals surface area contributed by atoms with E-state index in [0.717, 1.165) is 6.07 Å². The maximum atomic E-state index is 10.6. The molecule has 1 aromatic heterocycles. The van der Waals surface area contributed by atoms with Gasteiger partial charge in [-0.25, -0.2) is 9.97 Å². The topological polar surface area (TPSA) is 75.1 Å². The molecule has 13 heavy (non-hydrogen) atoms. The van der Waals surface area contributed by atoms with Crippen LogP contribution in [0.4, 0.5) is 5.95 Å². The second-order valence-corrected chi connectivity index (χ2v) is 2.24. The van der Waals surface area contributed by atoms with E-state index in [9.17, 15) is 10.2 Å². The number of rotatable bonds is 1. The van der Waals surface area contributed by atoms with Crippen LogP contribution in [0.5, 0.6) is 11.8 Å². The van der Waals surface area contributed by atoms with Gasteiger partial charge in [0, 0.05) is 14.1 Å². The van der Waals surface area contributed by atoms with Gasteiger partial charge in [0.25, 0.3) is 0 Å². The molecule has 0 aliphatic carbocycles. The molecule has 0 aliphatic rings. The fraction of sp³-hybridized carbons (Fsp3) is 0.333. The third-order valence-electron chi connectivity index (χ3n) is 1.07. The fourth-order valence-corrected chi connectivity index (χ4v) is 0.592. The molecule has 0 saturated carbocycles. The van der Waals surface area contributed by atoms with Gasteiger partial charge in [0.2, 0.25) is 5.95 Å². The van der Waals surface area contributed by atoms with E-state index in [4.69, 9.17) is 0 Å². The van der Waals surface area contributed by atoms with E-state index in [1.807, 2.05) is 0 Å². The van der Waals surface area contributed by atoms with Crippen LogP contribution in [0.2, 0.25) is 0 Å². The molecule has 1 rings (SSSR count). The van der Waals surface area contributed by atoms with Crippen LogP contribution >= 0.6 is 0 Å². The second-order valence-electron chi connectivity index (χ2n) is 2.24. The summed E-state index contributed by atoms with van der Waals surface area (Å²) in [4.78, 5) is 8.49. The van der Waals surface area contributed by atoms with Gasteiger partial charge < -0.3 is 15.1 Å². The van der Waals surface area contributed by atoms with E-state index >= 15 is 0 Å². The Balaban J connectivity index is 0. The maximum absolute atomic E-state index is 10.6. The minimum atomic E-state index is -0.548. The number of anilines is 1. The van der Waals surface area contributed by atoms with Crippen LogP contribution in [0, 0.1) is 0 Å². The number of aromatic nitrogens is 2. The first-order valence-electron chi connectivity index (χ1n) is 3.00. The van der Waals surface area contributed by atoms with Crippen molar-refractivity contribution in [1.82, 2.24) is 9.97 Å². The van der Waals surface area contributed by atoms with Gasteiger partial charge in [0.15, 0.2) is 0 Å². The van der Waals surface area contributed by atoms with Crippen molar-refractivity contribution in [3.05, 3.63) is 6.07 Å². The Morgan fingerprint density at radius 3 is 1.77 bits per heavy atom. The molecule has 1 aromatic rings. The van der Waals surface area contributed by atoms with Crippen molar-refractivity contribution in [2.24, 2.45) is 0 Å². The average Bonchev–Trinajstić information content (AvgIpc) is 1.85. The van der Waals surface area contributed by atoms with Crippen molar-refractivity contribution in [1.29, 1.82) is 0 Å². The first kappa shape index (κ1) is 15.9. The van der Waals surface area contributed by atoms with E-state index in [0.29, 0.717) is 0 Å². The third kappa shape index (κ3) is 5.05. The molecular formula is C6H7N3Na2O2. The zero-order chi connectivity index (χ0) is 8.43. The zero-order valence-electron chi connectivity index (χ0n) is 8.24. The van der Waals surface area contributed by atoms with Crippen LogP contribution in [0.3, 0.4) is 0 Å². The quantitative estimate of drug-likeness (QED) is 0.420. The van der Waals surface area contributed by atoms with Crippen molar-refractivity contribution in [2.75, 3.05) is 19.0 Å². The van der Waals surface area contributed by atoms with Crippen LogP contribution < -0.4 is 74.2 Å². The Kier molecular flexibility index (Phi) is 8.41. The molecule has 7 heteroatoms. The normalized spacial score (nSPS) is 8.15. The van der Waals surface area contributed by atoms with Gasteiger partial charge in [-0.1, -0.05) is 0 Å². The molecule has 5 nitrogen and oxygen atoms in total. The first-order chi connectivity index (χ1) is 5.09. The van der Waals surface area contributed by atoms with Crippen molar-refractivity contribution in [3.63, 3.8) is 0 Å². The van der Waals surface area contributed by atoms with E-state index < -0.39 is 11.8 Å². The minimum Gasteiger partial charge on any atom is -0.858 e. The van der Waals surface area contributed by atoms with Gasteiger partial charge in [-0.15, -0.1) is 0 Å². The van der Waals surface area contributed by atoms with Crippen molar-refractivity contribution in [3.8, 4) is 11.8 Å². The summed E-state index contributed by atoms with van der Waals surface area (Å²) in [6.07, 6.45) is 0. The third-order valence-corrected chi connectivity index (χ3v) is 1.07. The summed E-state index contributed by atoms with van der Waals surface area (Å²) in [7, 11) is 3.32. The van der Waals surface area contributed by atoms with Gasteiger partial charge in [-0.3, -0.25) is 0 Å². The summed E-state index contributed by atoms with van der Waals surface area (Å²) in [5, 5.41) is 21.3. The Morgan fingerprint density at radius 1 is 1.08 bits per heavy atom. The molecule has 0 spiro atoms. The molecule has 1 heterocycles. The summed E-state index contributed by atoms with van der Waals surface area (Å²) in [6, 6.07) is 0.854. The summed E-state index contributed by atoms with van der Waals surface area (Å²) in [6.45, 7) is 0. The summed E-state index contributed by atoms with van der Waals surface area (Å²) in [5.74, 6) is -0.940. The van der Waals surface area contributed by atoms with Gasteiger partial charge in [-0.05, 0) is 17.8 Å². The number of hydrogen-bond donors (Lipinski definition) is 0. The van der Waals surface area contributed by atoms with E-state index in [2.05, 4.69) is 9.97 Å². The Hall–Kier alpha value is 0.480. The predicted molar refractivity (Wildman–Crippen MR) is 35.3 cm³/mol. The van der Waals surface area contributed by atoms with Crippen LogP contribution in [-0.4, -0.2) is 24.1 Å². The molecule has 0 radical (unpaired) electrons. The monoisotopic (exact) mass is 199 g/mol. The Bertz CT molecular complexity index is 250. The van der Waals surface area contributed by atoms with E-state index in [1.165, 1.54) is 4.90 Å². The largest absolute Gasteiger partial charge is 1.00 e. The average molecular weight is 199 g/mol. The van der Waals surface area contributed by atoms with Crippen LogP contribution in [0.25, 0.3) is 0 Å². The van der Waals surface area contributed by atoms with Gasteiger partial charge in [0.1, 0.15) is 0 Å². The maximum Gasteiger partial charge on any atom is 1.00 e. The Morgan fingerprint density at radius 2 is 1.46 bits per heavy atom. The predicted octanol–water partition coefficient (Wildman–Crippen LogP) is -7.30. The first-order valence-corrected chi connectivity index (χ1v) is 3.00. The molecule has 60 valence electrons. The number of nitrogens with zero attached hydrogens (tertiary/aromatic N) is 3. The summed E-state index contributed by atoms with van der Waals surface area (Å²) >= 11 is 0. The molecule has 0 bridgehead atoms. The SMILES string of the molecule is CN(C)c1nc([O-])cc([O-])n1.[Na+].[Na+]. The molecular weight excluding hydrogens is 192 g/mol. The summed E-state index contributed by atoms with van der Waals surface area (Å²) in [5.41, 5.74) is 0. The molecule has 0 atom stereocenters. The van der Waals surface area contributed by atoms with E-state index in [-0.39, 0.29) is 65.1 Å². The van der Waals surface area contributed by atoms with Crippen LogP contribution in [-0.2, 0) is 0 Å². The van der Waals surface area contributed by atoms with Gasteiger partial charge in [0.05, 0.1) is 0 Å². The number of hydrogen-bond acceptors (Lipinski definition) is 5. The zero-order valence-corrected chi connectivity index (χ0v) is 12.2. The second kappa shape index (κ2) is 6.86. The smallest absolute Gasteiger partial charge is 0.858 e. The molecule has 0 aromatic carbocycles. The van der Waals surface area contributed by atoms with Crippen molar-refractivity contribution < 1.29 is 69.3 Å². The minimum absolute atomic E-state index is 0. The van der Waals surface area contributed by atoms with Crippen LogP contribution in [0.1, 0.15) is 0 Å². The molecule has 0 aliphatic heterocycles. The van der Waals surface area contributed by atoms with Gasteiger partial charge in [-0.2, -0.15) is 0 Å². The molecule has 0 saturated heterocycles. The fourth-order valence-electron chi connectivity index (χ4n) is 0.592. The van der Waals surface area contributed by atoms with Gasteiger partial charge >= 0.3 is 59.1 Å². The molecule has 0 fully saturated rings. The molecule has 0 unspecified atom stereocenters.